The molecular weight excluding hydrogens is 423 g/mol. The van der Waals surface area contributed by atoms with Crippen molar-refractivity contribution in [3.63, 3.8) is 0 Å². The van der Waals surface area contributed by atoms with Crippen molar-refractivity contribution in [2.75, 3.05) is 24.6 Å². The molecule has 0 N–H and O–H groups in total. The van der Waals surface area contributed by atoms with Crippen molar-refractivity contribution >= 4 is 32.0 Å². The SMILES string of the molecule is C/C=C(/C)c1nc(N2CCC(C(=O)N3OCCC3c3ccc(C#N)cn3)CC2)ncc1P. The predicted molar refractivity (Wildman–Crippen MR) is 125 cm³/mol. The number of pyridine rings is 1. The van der Waals surface area contributed by atoms with E-state index >= 15 is 0 Å². The number of nitriles is 1. The fourth-order valence-electron chi connectivity index (χ4n) is 4.12. The highest BCUT2D eigenvalue weighted by Crippen LogP contribution is 2.33. The van der Waals surface area contributed by atoms with Crippen LogP contribution in [0.25, 0.3) is 5.57 Å². The lowest BCUT2D eigenvalue weighted by molar-refractivity contribution is -0.182. The van der Waals surface area contributed by atoms with Crippen LogP contribution >= 0.6 is 9.24 Å². The van der Waals surface area contributed by atoms with Gasteiger partial charge in [0.15, 0.2) is 0 Å². The lowest BCUT2D eigenvalue weighted by Gasteiger charge is -2.34. The molecule has 2 aromatic rings. The van der Waals surface area contributed by atoms with Crippen LogP contribution in [0.4, 0.5) is 5.95 Å². The molecule has 0 aliphatic carbocycles. The molecule has 2 unspecified atom stereocenters. The Morgan fingerprint density at radius 2 is 2.03 bits per heavy atom. The Bertz CT molecular complexity index is 1060. The van der Waals surface area contributed by atoms with E-state index in [4.69, 9.17) is 15.1 Å². The van der Waals surface area contributed by atoms with Crippen LogP contribution in [0.3, 0.4) is 0 Å². The smallest absolute Gasteiger partial charge is 0.250 e. The summed E-state index contributed by atoms with van der Waals surface area (Å²) in [5.41, 5.74) is 3.30. The Morgan fingerprint density at radius 1 is 1.25 bits per heavy atom. The number of carbonyl (C=O) groups excluding carboxylic acids is 1. The molecule has 0 bridgehead atoms. The molecule has 1 amide bonds. The molecule has 2 atom stereocenters. The number of piperidine rings is 1. The van der Waals surface area contributed by atoms with Gasteiger partial charge in [-0.3, -0.25) is 14.6 Å². The summed E-state index contributed by atoms with van der Waals surface area (Å²) in [6, 6.07) is 5.39. The molecule has 2 saturated heterocycles. The molecule has 2 aliphatic rings. The second-order valence-corrected chi connectivity index (χ2v) is 8.71. The number of amides is 1. The van der Waals surface area contributed by atoms with Crippen LogP contribution in [-0.4, -0.2) is 45.6 Å². The number of nitrogens with zero attached hydrogens (tertiary/aromatic N) is 6. The van der Waals surface area contributed by atoms with Crippen molar-refractivity contribution in [3.05, 3.63) is 47.6 Å². The summed E-state index contributed by atoms with van der Waals surface area (Å²) >= 11 is 0. The molecule has 0 aromatic carbocycles. The number of allylic oxidation sites excluding steroid dienone is 2. The largest absolute Gasteiger partial charge is 0.341 e. The van der Waals surface area contributed by atoms with Crippen LogP contribution in [0, 0.1) is 17.2 Å². The quantitative estimate of drug-likeness (QED) is 0.661. The summed E-state index contributed by atoms with van der Waals surface area (Å²) in [5.74, 6) is 0.600. The Balaban J connectivity index is 1.42. The summed E-state index contributed by atoms with van der Waals surface area (Å²) in [4.78, 5) is 34.7. The van der Waals surface area contributed by atoms with Crippen LogP contribution < -0.4 is 10.2 Å². The lowest BCUT2D eigenvalue weighted by atomic mass is 9.95. The minimum atomic E-state index is -0.211. The van der Waals surface area contributed by atoms with Gasteiger partial charge in [-0.25, -0.2) is 15.0 Å². The van der Waals surface area contributed by atoms with E-state index in [0.29, 0.717) is 37.6 Å². The Kier molecular flexibility index (Phi) is 6.78. The second-order valence-electron chi connectivity index (χ2n) is 8.09. The number of anilines is 1. The second kappa shape index (κ2) is 9.72. The van der Waals surface area contributed by atoms with Crippen molar-refractivity contribution in [2.45, 2.75) is 39.2 Å². The minimum Gasteiger partial charge on any atom is -0.341 e. The van der Waals surface area contributed by atoms with E-state index in [1.807, 2.05) is 26.1 Å². The van der Waals surface area contributed by atoms with Crippen LogP contribution in [0.2, 0.25) is 0 Å². The van der Waals surface area contributed by atoms with Crippen LogP contribution in [0.15, 0.2) is 30.6 Å². The molecule has 2 aliphatic heterocycles. The molecule has 9 heteroatoms. The highest BCUT2D eigenvalue weighted by Gasteiger charge is 2.37. The molecule has 166 valence electrons. The average Bonchev–Trinajstić information content (AvgIpc) is 3.33. The Hall–Kier alpha value is -2.88. The predicted octanol–water partition coefficient (Wildman–Crippen LogP) is 2.79. The van der Waals surface area contributed by atoms with E-state index < -0.39 is 0 Å². The van der Waals surface area contributed by atoms with Crippen molar-refractivity contribution in [3.8, 4) is 6.07 Å². The first-order valence-electron chi connectivity index (χ1n) is 10.8. The van der Waals surface area contributed by atoms with Gasteiger partial charge < -0.3 is 4.90 Å². The highest BCUT2D eigenvalue weighted by molar-refractivity contribution is 7.27. The van der Waals surface area contributed by atoms with E-state index in [1.54, 1.807) is 18.3 Å². The van der Waals surface area contributed by atoms with Crippen LogP contribution in [-0.2, 0) is 9.63 Å². The van der Waals surface area contributed by atoms with Gasteiger partial charge in [-0.15, -0.1) is 9.24 Å². The van der Waals surface area contributed by atoms with Gasteiger partial charge in [-0.1, -0.05) is 6.08 Å². The van der Waals surface area contributed by atoms with Gasteiger partial charge >= 0.3 is 0 Å². The zero-order valence-electron chi connectivity index (χ0n) is 18.4. The zero-order chi connectivity index (χ0) is 22.7. The summed E-state index contributed by atoms with van der Waals surface area (Å²) < 4.78 is 0. The number of hydrogen-bond acceptors (Lipinski definition) is 7. The highest BCUT2D eigenvalue weighted by atomic mass is 31.0. The van der Waals surface area contributed by atoms with Gasteiger partial charge in [0, 0.05) is 43.1 Å². The van der Waals surface area contributed by atoms with Gasteiger partial charge in [-0.2, -0.15) is 5.26 Å². The first-order valence-corrected chi connectivity index (χ1v) is 11.4. The van der Waals surface area contributed by atoms with E-state index in [-0.39, 0.29) is 17.9 Å². The number of rotatable bonds is 4. The molecule has 8 nitrogen and oxygen atoms in total. The fraction of sp³-hybridized carbons (Fsp3) is 0.435. The number of aromatic nitrogens is 3. The number of carbonyl (C=O) groups is 1. The van der Waals surface area contributed by atoms with Gasteiger partial charge in [-0.05, 0) is 44.4 Å². The Labute approximate surface area is 190 Å². The molecule has 0 radical (unpaired) electrons. The van der Waals surface area contributed by atoms with E-state index in [1.165, 1.54) is 5.06 Å². The summed E-state index contributed by atoms with van der Waals surface area (Å²) in [7, 11) is 2.69. The maximum atomic E-state index is 13.2. The van der Waals surface area contributed by atoms with Gasteiger partial charge in [0.05, 0.1) is 23.6 Å². The maximum Gasteiger partial charge on any atom is 0.250 e. The molecule has 0 saturated carbocycles. The van der Waals surface area contributed by atoms with E-state index in [2.05, 4.69) is 30.2 Å². The normalized spacial score (nSPS) is 19.8. The molecule has 4 rings (SSSR count). The lowest BCUT2D eigenvalue weighted by Crippen LogP contribution is -2.42. The molecule has 4 heterocycles. The maximum absolute atomic E-state index is 13.2. The molecular formula is C23H27N6O2P. The van der Waals surface area contributed by atoms with Crippen molar-refractivity contribution < 1.29 is 9.63 Å². The summed E-state index contributed by atoms with van der Waals surface area (Å²) in [6.45, 7) is 5.96. The van der Waals surface area contributed by atoms with Crippen molar-refractivity contribution in [2.24, 2.45) is 5.92 Å². The molecule has 0 spiro atoms. The zero-order valence-corrected chi connectivity index (χ0v) is 19.5. The van der Waals surface area contributed by atoms with Crippen molar-refractivity contribution in [1.82, 2.24) is 20.0 Å². The van der Waals surface area contributed by atoms with Gasteiger partial charge in [0.25, 0.3) is 0 Å². The van der Waals surface area contributed by atoms with Gasteiger partial charge in [0.2, 0.25) is 11.9 Å². The molecule has 2 fully saturated rings. The number of hydrogen-bond donors (Lipinski definition) is 0. The average molecular weight is 450 g/mol. The van der Waals surface area contributed by atoms with Crippen molar-refractivity contribution in [1.29, 1.82) is 5.26 Å². The standard InChI is InChI=1S/C23H27N6O2P/c1-3-15(2)21-20(32)14-26-23(27-21)28-9-6-17(7-10-28)22(30)29-19(8-11-31-29)18-5-4-16(12-24)13-25-18/h3-5,13-14,17,19H,6-11,32H2,1-2H3/b15-3-. The van der Waals surface area contributed by atoms with Gasteiger partial charge in [0.1, 0.15) is 12.1 Å². The molecule has 2 aromatic heterocycles. The van der Waals surface area contributed by atoms with E-state index in [9.17, 15) is 4.79 Å². The third kappa shape index (κ3) is 4.50. The minimum absolute atomic E-state index is 0.00461. The summed E-state index contributed by atoms with van der Waals surface area (Å²) in [5, 5.41) is 11.5. The molecule has 32 heavy (non-hydrogen) atoms. The fourth-order valence-corrected chi connectivity index (χ4v) is 4.48. The summed E-state index contributed by atoms with van der Waals surface area (Å²) in [6.07, 6.45) is 7.55. The third-order valence-corrected chi connectivity index (χ3v) is 6.54. The third-order valence-electron chi connectivity index (χ3n) is 6.12. The Morgan fingerprint density at radius 3 is 2.69 bits per heavy atom. The topological polar surface area (TPSA) is 95.2 Å². The van der Waals surface area contributed by atoms with Crippen LogP contribution in [0.5, 0.6) is 0 Å². The number of hydroxylamine groups is 2. The first-order chi connectivity index (χ1) is 15.5. The van der Waals surface area contributed by atoms with E-state index in [0.717, 1.165) is 35.1 Å². The van der Waals surface area contributed by atoms with Crippen LogP contribution in [0.1, 0.15) is 56.1 Å². The monoisotopic (exact) mass is 450 g/mol. The first kappa shape index (κ1) is 22.3.